The molecular weight excluding hydrogens is 438 g/mol. The zero-order chi connectivity index (χ0) is 12.4. The fourth-order valence-electron chi connectivity index (χ4n) is 1.75. The van der Waals surface area contributed by atoms with Crippen LogP contribution in [-0.2, 0) is 0 Å². The molecule has 1 heterocycles. The van der Waals surface area contributed by atoms with E-state index >= 15 is 0 Å². The van der Waals surface area contributed by atoms with E-state index in [1.807, 2.05) is 20.3 Å². The summed E-state index contributed by atoms with van der Waals surface area (Å²) in [5.41, 5.74) is 0. The number of hydrogen-bond donors (Lipinski definition) is 0. The van der Waals surface area contributed by atoms with Gasteiger partial charge in [-0.15, -0.1) is 0 Å². The maximum atomic E-state index is 2.39. The van der Waals surface area contributed by atoms with Crippen molar-refractivity contribution in [2.45, 2.75) is 4.21 Å². The van der Waals surface area contributed by atoms with Crippen LogP contribution in [0.2, 0.25) is 0 Å². The molecule has 0 fully saturated rings. The summed E-state index contributed by atoms with van der Waals surface area (Å²) in [4.78, 5) is 0. The average molecular weight is 447 g/mol. The number of hydrogen-bond acceptors (Lipinski definition) is 2. The maximum absolute atomic E-state index is 2.39. The molecule has 0 aliphatic rings. The molecule has 0 aliphatic heterocycles. The van der Waals surface area contributed by atoms with Crippen LogP contribution in [0.3, 0.4) is 0 Å². The minimum atomic E-state index is 0.397. The van der Waals surface area contributed by atoms with Crippen molar-refractivity contribution in [1.82, 2.24) is 0 Å². The normalized spacial score (nSPS) is 10.9. The van der Waals surface area contributed by atoms with Crippen molar-refractivity contribution in [1.29, 1.82) is 0 Å². The molecule has 2 aromatic carbocycles. The zero-order valence-electron chi connectivity index (χ0n) is 9.30. The van der Waals surface area contributed by atoms with Crippen molar-refractivity contribution >= 4 is 75.4 Å². The van der Waals surface area contributed by atoms with Gasteiger partial charge in [0.2, 0.25) is 0 Å². The number of benzene rings is 2. The van der Waals surface area contributed by atoms with Crippen LogP contribution in [0, 0.1) is 0 Å². The summed E-state index contributed by atoms with van der Waals surface area (Å²) in [5.74, 6) is 0. The number of fused-ring (bicyclic) bond motifs is 1. The monoisotopic (exact) mass is 448 g/mol. The molecule has 90 valence electrons. The van der Waals surface area contributed by atoms with Gasteiger partial charge in [-0.2, -0.15) is 0 Å². The number of rotatable bonds is 3. The Morgan fingerprint density at radius 1 is 0.944 bits per heavy atom. The summed E-state index contributed by atoms with van der Waals surface area (Å²) in [6.07, 6.45) is 0. The molecule has 0 spiro atoms. The van der Waals surface area contributed by atoms with Gasteiger partial charge in [-0.1, -0.05) is 0 Å². The van der Waals surface area contributed by atoms with Gasteiger partial charge in [0.1, 0.15) is 0 Å². The SMILES string of the molecule is ISc1sc2ccccc2c1[Se]c1ccccc1. The fourth-order valence-corrected chi connectivity index (χ4v) is 8.63. The average Bonchev–Trinajstić information content (AvgIpc) is 2.78. The molecule has 1 aromatic heterocycles. The molecule has 3 aromatic rings. The van der Waals surface area contributed by atoms with Gasteiger partial charge < -0.3 is 0 Å². The first-order chi connectivity index (χ1) is 8.88. The van der Waals surface area contributed by atoms with Crippen molar-refractivity contribution in [2.24, 2.45) is 0 Å². The van der Waals surface area contributed by atoms with Crippen LogP contribution in [0.1, 0.15) is 0 Å². The molecule has 0 saturated carbocycles. The Labute approximate surface area is 133 Å². The molecule has 0 amide bonds. The van der Waals surface area contributed by atoms with Gasteiger partial charge in [0.25, 0.3) is 0 Å². The predicted octanol–water partition coefficient (Wildman–Crippen LogP) is 4.00. The van der Waals surface area contributed by atoms with Crippen LogP contribution in [0.15, 0.2) is 58.8 Å². The predicted molar refractivity (Wildman–Crippen MR) is 93.2 cm³/mol. The van der Waals surface area contributed by atoms with E-state index in [-0.39, 0.29) is 0 Å². The summed E-state index contributed by atoms with van der Waals surface area (Å²) in [5, 5.41) is 1.44. The van der Waals surface area contributed by atoms with Gasteiger partial charge in [0, 0.05) is 0 Å². The van der Waals surface area contributed by atoms with Crippen molar-refractivity contribution in [2.75, 3.05) is 0 Å². The number of halogens is 1. The van der Waals surface area contributed by atoms with Gasteiger partial charge in [0.15, 0.2) is 0 Å². The van der Waals surface area contributed by atoms with Crippen LogP contribution in [0.5, 0.6) is 0 Å². The Bertz CT molecular complexity index is 664. The molecule has 3 rings (SSSR count). The zero-order valence-corrected chi connectivity index (χ0v) is 14.8. The van der Waals surface area contributed by atoms with Crippen molar-refractivity contribution in [3.63, 3.8) is 0 Å². The first kappa shape index (κ1) is 13.0. The summed E-state index contributed by atoms with van der Waals surface area (Å²) >= 11 is 4.71. The van der Waals surface area contributed by atoms with Crippen molar-refractivity contribution < 1.29 is 0 Å². The molecular formula is C14H9IS2Se. The van der Waals surface area contributed by atoms with Gasteiger partial charge in [-0.05, 0) is 0 Å². The minimum absolute atomic E-state index is 0.397. The van der Waals surface area contributed by atoms with Crippen LogP contribution in [0.4, 0.5) is 0 Å². The Balaban J connectivity index is 2.10. The third-order valence-electron chi connectivity index (χ3n) is 2.55. The molecule has 0 unspecified atom stereocenters. The van der Waals surface area contributed by atoms with E-state index in [2.05, 4.69) is 75.8 Å². The summed E-state index contributed by atoms with van der Waals surface area (Å²) < 4.78 is 5.85. The van der Waals surface area contributed by atoms with Crippen LogP contribution in [-0.4, -0.2) is 15.0 Å². The van der Waals surface area contributed by atoms with Crippen LogP contribution in [0.25, 0.3) is 10.1 Å². The van der Waals surface area contributed by atoms with E-state index < -0.39 is 0 Å². The van der Waals surface area contributed by atoms with E-state index in [1.165, 1.54) is 23.2 Å². The second-order valence-corrected chi connectivity index (χ2v) is 9.18. The van der Waals surface area contributed by atoms with Gasteiger partial charge >= 0.3 is 134 Å². The molecule has 0 saturated heterocycles. The van der Waals surface area contributed by atoms with E-state index in [0.29, 0.717) is 15.0 Å². The third kappa shape index (κ3) is 2.63. The van der Waals surface area contributed by atoms with Gasteiger partial charge in [-0.3, -0.25) is 0 Å². The molecule has 0 radical (unpaired) electrons. The Morgan fingerprint density at radius 3 is 2.44 bits per heavy atom. The fraction of sp³-hybridized carbons (Fsp3) is 0. The van der Waals surface area contributed by atoms with Crippen molar-refractivity contribution in [3.05, 3.63) is 54.6 Å². The summed E-state index contributed by atoms with van der Waals surface area (Å²) in [7, 11) is 1.84. The number of thiophene rings is 1. The van der Waals surface area contributed by atoms with Crippen LogP contribution >= 0.6 is 41.5 Å². The molecule has 0 nitrogen and oxygen atoms in total. The molecule has 0 aliphatic carbocycles. The second kappa shape index (κ2) is 5.97. The van der Waals surface area contributed by atoms with Gasteiger partial charge in [0.05, 0.1) is 0 Å². The van der Waals surface area contributed by atoms with Gasteiger partial charge in [-0.25, -0.2) is 0 Å². The molecule has 4 heteroatoms. The van der Waals surface area contributed by atoms with Crippen molar-refractivity contribution in [3.8, 4) is 0 Å². The second-order valence-electron chi connectivity index (χ2n) is 3.71. The standard InChI is InChI=1S/C14H9IS2Se/c15-17-14-13(18-10-6-2-1-3-7-10)11-8-4-5-9-12(11)16-14/h1-9H. The first-order valence-corrected chi connectivity index (χ1v) is 11.3. The topological polar surface area (TPSA) is 0 Å². The first-order valence-electron chi connectivity index (χ1n) is 5.41. The quantitative estimate of drug-likeness (QED) is 0.432. The van der Waals surface area contributed by atoms with Crippen LogP contribution < -0.4 is 8.92 Å². The molecule has 0 atom stereocenters. The Morgan fingerprint density at radius 2 is 1.67 bits per heavy atom. The molecule has 0 N–H and O–H groups in total. The molecule has 0 bridgehead atoms. The summed E-state index contributed by atoms with van der Waals surface area (Å²) in [6.45, 7) is 0. The molecule has 18 heavy (non-hydrogen) atoms. The Hall–Kier alpha value is -0.000519. The third-order valence-corrected chi connectivity index (χ3v) is 9.55. The Kier molecular flexibility index (Phi) is 4.31. The van der Waals surface area contributed by atoms with E-state index in [1.54, 1.807) is 0 Å². The van der Waals surface area contributed by atoms with E-state index in [0.717, 1.165) is 0 Å². The van der Waals surface area contributed by atoms with E-state index in [9.17, 15) is 0 Å². The summed E-state index contributed by atoms with van der Waals surface area (Å²) in [6, 6.07) is 19.5. The van der Waals surface area contributed by atoms with E-state index in [4.69, 9.17) is 0 Å².